The van der Waals surface area contributed by atoms with Crippen molar-refractivity contribution in [2.24, 2.45) is 0 Å². The normalized spacial score (nSPS) is 18.7. The van der Waals surface area contributed by atoms with Crippen molar-refractivity contribution in [2.75, 3.05) is 6.54 Å². The van der Waals surface area contributed by atoms with E-state index in [1.54, 1.807) is 26.2 Å². The fraction of sp³-hybridized carbons (Fsp3) is 0.625. The first-order valence-electron chi connectivity index (χ1n) is 8.45. The maximum atomic E-state index is 12.9. The van der Waals surface area contributed by atoms with Gasteiger partial charge in [-0.3, -0.25) is 14.6 Å². The Morgan fingerprint density at radius 1 is 1.52 bits per heavy atom. The summed E-state index contributed by atoms with van der Waals surface area (Å²) in [7, 11) is 0. The molecule has 0 bridgehead atoms. The Kier molecular flexibility index (Phi) is 7.18. The number of rotatable bonds is 5. The lowest BCUT2D eigenvalue weighted by Crippen LogP contribution is -2.60. The number of nitrogens with one attached hydrogen (secondary N) is 2. The molecule has 1 fully saturated rings. The molecule has 1 aliphatic rings. The molecule has 9 nitrogen and oxygen atoms in total. The maximum absolute atomic E-state index is 12.9. The van der Waals surface area contributed by atoms with Gasteiger partial charge in [-0.2, -0.15) is 0 Å². The van der Waals surface area contributed by atoms with Crippen LogP contribution in [0.3, 0.4) is 0 Å². The van der Waals surface area contributed by atoms with Gasteiger partial charge in [0.15, 0.2) is 0 Å². The lowest BCUT2D eigenvalue weighted by molar-refractivity contribution is -0.147. The molecule has 1 aromatic heterocycles. The van der Waals surface area contributed by atoms with E-state index in [2.05, 4.69) is 31.7 Å². The Bertz CT molecular complexity index is 705. The Labute approximate surface area is 169 Å². The van der Waals surface area contributed by atoms with E-state index < -0.39 is 35.7 Å². The van der Waals surface area contributed by atoms with Crippen LogP contribution in [0, 0.1) is 0 Å². The number of carbonyl (C=O) groups excluding carboxylic acids is 2. The predicted molar refractivity (Wildman–Crippen MR) is 102 cm³/mol. The van der Waals surface area contributed by atoms with E-state index in [1.165, 1.54) is 16.3 Å². The SMILES string of the molecule is CC(C)(C)OC(=O)NC(Cc1nc(Br)cs1)C(=O)N1CCC[C@@H](C(=O)O)N1. The second kappa shape index (κ2) is 8.98. The van der Waals surface area contributed by atoms with Crippen molar-refractivity contribution < 1.29 is 24.2 Å². The third kappa shape index (κ3) is 6.74. The third-order valence-corrected chi connectivity index (χ3v) is 5.22. The number of thiazole rings is 1. The molecule has 0 aliphatic carbocycles. The molecule has 0 saturated carbocycles. The van der Waals surface area contributed by atoms with Gasteiger partial charge in [-0.1, -0.05) is 0 Å². The Morgan fingerprint density at radius 3 is 2.78 bits per heavy atom. The molecule has 27 heavy (non-hydrogen) atoms. The van der Waals surface area contributed by atoms with Gasteiger partial charge < -0.3 is 15.2 Å². The summed E-state index contributed by atoms with van der Waals surface area (Å²) in [6.45, 7) is 5.54. The van der Waals surface area contributed by atoms with Crippen LogP contribution in [-0.4, -0.2) is 57.3 Å². The molecular formula is C16H23BrN4O5S. The summed E-state index contributed by atoms with van der Waals surface area (Å²) in [5, 5.41) is 15.5. The quantitative estimate of drug-likeness (QED) is 0.610. The first-order valence-corrected chi connectivity index (χ1v) is 10.1. The van der Waals surface area contributed by atoms with E-state index in [9.17, 15) is 19.5 Å². The molecule has 2 amide bonds. The van der Waals surface area contributed by atoms with Crippen molar-refractivity contribution in [3.8, 4) is 0 Å². The number of halogens is 1. The highest BCUT2D eigenvalue weighted by Gasteiger charge is 2.33. The fourth-order valence-electron chi connectivity index (χ4n) is 2.52. The summed E-state index contributed by atoms with van der Waals surface area (Å²) < 4.78 is 5.89. The minimum atomic E-state index is -1.02. The zero-order valence-electron chi connectivity index (χ0n) is 15.3. The summed E-state index contributed by atoms with van der Waals surface area (Å²) in [6, 6.07) is -1.77. The minimum Gasteiger partial charge on any atom is -0.480 e. The van der Waals surface area contributed by atoms with E-state index in [0.717, 1.165) is 0 Å². The Balaban J connectivity index is 2.13. The monoisotopic (exact) mass is 462 g/mol. The predicted octanol–water partition coefficient (Wildman–Crippen LogP) is 1.92. The summed E-state index contributed by atoms with van der Waals surface area (Å²) in [5.74, 6) is -1.45. The van der Waals surface area contributed by atoms with Gasteiger partial charge in [0, 0.05) is 18.3 Å². The lowest BCUT2D eigenvalue weighted by Gasteiger charge is -2.34. The molecule has 0 spiro atoms. The number of nitrogens with zero attached hydrogens (tertiary/aromatic N) is 2. The summed E-state index contributed by atoms with van der Waals surface area (Å²) in [5.41, 5.74) is 2.00. The average Bonchev–Trinajstić information content (AvgIpc) is 2.97. The third-order valence-electron chi connectivity index (χ3n) is 3.64. The fourth-order valence-corrected chi connectivity index (χ4v) is 3.83. The molecule has 1 saturated heterocycles. The molecule has 1 aromatic rings. The number of carbonyl (C=O) groups is 3. The van der Waals surface area contributed by atoms with Gasteiger partial charge in [-0.15, -0.1) is 11.3 Å². The van der Waals surface area contributed by atoms with E-state index >= 15 is 0 Å². The Hall–Kier alpha value is -1.72. The van der Waals surface area contributed by atoms with Crippen LogP contribution in [0.1, 0.15) is 38.6 Å². The number of aliphatic carboxylic acids is 1. The van der Waals surface area contributed by atoms with Gasteiger partial charge in [-0.05, 0) is 49.5 Å². The maximum Gasteiger partial charge on any atom is 0.408 e. The molecule has 2 rings (SSSR count). The van der Waals surface area contributed by atoms with Gasteiger partial charge in [0.05, 0.1) is 5.01 Å². The van der Waals surface area contributed by atoms with Crippen LogP contribution in [0.15, 0.2) is 9.98 Å². The molecule has 0 radical (unpaired) electrons. The summed E-state index contributed by atoms with van der Waals surface area (Å²) >= 11 is 4.62. The molecule has 2 heterocycles. The van der Waals surface area contributed by atoms with Crippen molar-refractivity contribution in [3.05, 3.63) is 15.0 Å². The number of hydrogen-bond donors (Lipinski definition) is 3. The van der Waals surface area contributed by atoms with E-state index in [1.807, 2.05) is 0 Å². The lowest BCUT2D eigenvalue weighted by atomic mass is 10.1. The van der Waals surface area contributed by atoms with Crippen LogP contribution in [0.2, 0.25) is 0 Å². The smallest absolute Gasteiger partial charge is 0.408 e. The number of ether oxygens (including phenoxy) is 1. The Morgan fingerprint density at radius 2 is 2.22 bits per heavy atom. The van der Waals surface area contributed by atoms with E-state index in [4.69, 9.17) is 4.74 Å². The summed E-state index contributed by atoms with van der Waals surface area (Å²) in [6.07, 6.45) is 0.438. The zero-order chi connectivity index (χ0) is 20.2. The number of hydrogen-bond acceptors (Lipinski definition) is 7. The first-order chi connectivity index (χ1) is 12.5. The number of hydrazine groups is 1. The topological polar surface area (TPSA) is 121 Å². The van der Waals surface area contributed by atoms with Crippen molar-refractivity contribution in [2.45, 2.75) is 57.7 Å². The van der Waals surface area contributed by atoms with E-state index in [0.29, 0.717) is 29.0 Å². The van der Waals surface area contributed by atoms with Gasteiger partial charge in [0.25, 0.3) is 5.91 Å². The second-order valence-corrected chi connectivity index (χ2v) is 8.87. The van der Waals surface area contributed by atoms with Crippen molar-refractivity contribution in [3.63, 3.8) is 0 Å². The zero-order valence-corrected chi connectivity index (χ0v) is 17.7. The van der Waals surface area contributed by atoms with E-state index in [-0.39, 0.29) is 6.42 Å². The second-order valence-electron chi connectivity index (χ2n) is 7.12. The number of alkyl carbamates (subject to hydrolysis) is 1. The average molecular weight is 463 g/mol. The van der Waals surface area contributed by atoms with Crippen LogP contribution in [0.25, 0.3) is 0 Å². The molecule has 3 N–H and O–H groups in total. The van der Waals surface area contributed by atoms with Crippen molar-refractivity contribution in [1.82, 2.24) is 20.7 Å². The molecule has 1 unspecified atom stereocenters. The number of carboxylic acid groups (broad SMARTS) is 1. The summed E-state index contributed by atoms with van der Waals surface area (Å²) in [4.78, 5) is 40.6. The highest BCUT2D eigenvalue weighted by Crippen LogP contribution is 2.18. The molecule has 150 valence electrons. The van der Waals surface area contributed by atoms with Gasteiger partial charge in [-0.25, -0.2) is 15.2 Å². The number of amides is 2. The van der Waals surface area contributed by atoms with Crippen LogP contribution < -0.4 is 10.7 Å². The minimum absolute atomic E-state index is 0.171. The first kappa shape index (κ1) is 21.6. The van der Waals surface area contributed by atoms with Crippen molar-refractivity contribution in [1.29, 1.82) is 0 Å². The van der Waals surface area contributed by atoms with Crippen LogP contribution in [0.5, 0.6) is 0 Å². The molecule has 0 aromatic carbocycles. The largest absolute Gasteiger partial charge is 0.480 e. The van der Waals surface area contributed by atoms with Crippen LogP contribution in [-0.2, 0) is 20.7 Å². The molecule has 2 atom stereocenters. The van der Waals surface area contributed by atoms with Crippen molar-refractivity contribution >= 4 is 45.2 Å². The number of aromatic nitrogens is 1. The highest BCUT2D eigenvalue weighted by molar-refractivity contribution is 9.10. The number of carboxylic acids is 1. The van der Waals surface area contributed by atoms with Crippen LogP contribution in [0.4, 0.5) is 4.79 Å². The van der Waals surface area contributed by atoms with Gasteiger partial charge in [0.1, 0.15) is 22.3 Å². The van der Waals surface area contributed by atoms with Crippen LogP contribution >= 0.6 is 27.3 Å². The highest BCUT2D eigenvalue weighted by atomic mass is 79.9. The molecule has 11 heteroatoms. The van der Waals surface area contributed by atoms with Gasteiger partial charge >= 0.3 is 12.1 Å². The molecule has 1 aliphatic heterocycles. The standard InChI is InChI=1S/C16H23BrN4O5S/c1-16(2,3)26-15(25)18-10(7-12-19-11(17)8-27-12)13(22)21-6-4-5-9(20-21)14(23)24/h8-10,20H,4-7H2,1-3H3,(H,18,25)(H,23,24)/t9-,10?/m0/s1. The van der Waals surface area contributed by atoms with Gasteiger partial charge in [0.2, 0.25) is 0 Å². The molecular weight excluding hydrogens is 440 g/mol.